The van der Waals surface area contributed by atoms with E-state index in [1.54, 1.807) is 0 Å². The molecule has 2 nitrogen and oxygen atoms in total. The number of piperidine rings is 1. The van der Waals surface area contributed by atoms with Gasteiger partial charge in [-0.1, -0.05) is 33.6 Å². The van der Waals surface area contributed by atoms with Crippen LogP contribution < -0.4 is 0 Å². The van der Waals surface area contributed by atoms with Crippen molar-refractivity contribution in [3.05, 3.63) is 0 Å². The normalized spacial score (nSPS) is 32.5. The molecule has 1 aliphatic carbocycles. The first-order chi connectivity index (χ1) is 10.4. The Hall–Kier alpha value is -0.0800. The van der Waals surface area contributed by atoms with Crippen LogP contribution >= 0.6 is 0 Å². The lowest BCUT2D eigenvalue weighted by Crippen LogP contribution is -2.53. The van der Waals surface area contributed by atoms with Crippen LogP contribution in [0.25, 0.3) is 0 Å². The summed E-state index contributed by atoms with van der Waals surface area (Å²) in [6.45, 7) is 18.1. The zero-order valence-corrected chi connectivity index (χ0v) is 16.3. The average molecular weight is 312 g/mol. The van der Waals surface area contributed by atoms with E-state index in [4.69, 9.17) is 4.74 Å². The molecule has 0 aromatic rings. The Morgan fingerprint density at radius 1 is 1.05 bits per heavy atom. The predicted octanol–water partition coefficient (Wildman–Crippen LogP) is 5.51. The molecule has 132 valence electrons. The molecule has 1 saturated carbocycles. The van der Waals surface area contributed by atoms with E-state index in [1.165, 1.54) is 51.6 Å². The van der Waals surface area contributed by atoms with Crippen molar-refractivity contribution in [1.29, 1.82) is 0 Å². The zero-order chi connectivity index (χ0) is 16.8. The summed E-state index contributed by atoms with van der Waals surface area (Å²) in [4.78, 5) is 2.74. The monoisotopic (exact) mass is 311 g/mol. The Morgan fingerprint density at radius 3 is 2.14 bits per heavy atom. The molecule has 2 fully saturated rings. The van der Waals surface area contributed by atoms with Crippen LogP contribution in [-0.4, -0.2) is 35.7 Å². The fourth-order valence-corrected chi connectivity index (χ4v) is 4.05. The maximum atomic E-state index is 6.05. The second-order valence-corrected chi connectivity index (χ2v) is 8.18. The van der Waals surface area contributed by atoms with Gasteiger partial charge in [0.25, 0.3) is 0 Å². The molecule has 1 aliphatic heterocycles. The third-order valence-electron chi connectivity index (χ3n) is 5.38. The quantitative estimate of drug-likeness (QED) is 0.679. The van der Waals surface area contributed by atoms with E-state index in [-0.39, 0.29) is 0 Å². The van der Waals surface area contributed by atoms with E-state index >= 15 is 0 Å². The van der Waals surface area contributed by atoms with Crippen LogP contribution in [0.5, 0.6) is 0 Å². The topological polar surface area (TPSA) is 12.5 Å². The zero-order valence-electron chi connectivity index (χ0n) is 16.3. The minimum Gasteiger partial charge on any atom is -0.375 e. The molecule has 1 atom stereocenters. The summed E-state index contributed by atoms with van der Waals surface area (Å²) in [6, 6.07) is 0. The lowest BCUT2D eigenvalue weighted by Gasteiger charge is -2.47. The molecule has 0 N–H and O–H groups in total. The Balaban J connectivity index is 0.00000116. The third-order valence-corrected chi connectivity index (χ3v) is 5.38. The van der Waals surface area contributed by atoms with Gasteiger partial charge in [0.1, 0.15) is 0 Å². The standard InChI is InChI=1S/C18H35NO.C2H6/c1-14(2)20-17-10-11-19(18(4,5)12-17)13-16-8-6-15(3)7-9-16;1-2/h14-17H,6-13H2,1-5H3;1-2H3. The van der Waals surface area contributed by atoms with E-state index in [1.807, 2.05) is 13.8 Å². The first kappa shape index (κ1) is 20.0. The average Bonchev–Trinajstić information content (AvgIpc) is 2.45. The van der Waals surface area contributed by atoms with Gasteiger partial charge in [-0.25, -0.2) is 0 Å². The fraction of sp³-hybridized carbons (Fsp3) is 1.00. The molecule has 0 amide bonds. The Kier molecular flexibility index (Phi) is 8.42. The SMILES string of the molecule is CC.CC1CCC(CN2CCC(OC(C)C)CC2(C)C)CC1. The Bertz CT molecular complexity index is 292. The molecule has 0 bridgehead atoms. The smallest absolute Gasteiger partial charge is 0.0608 e. The highest BCUT2D eigenvalue weighted by molar-refractivity contribution is 4.91. The van der Waals surface area contributed by atoms with Gasteiger partial charge in [0.15, 0.2) is 0 Å². The van der Waals surface area contributed by atoms with Crippen molar-refractivity contribution >= 4 is 0 Å². The van der Waals surface area contributed by atoms with Gasteiger partial charge in [0.05, 0.1) is 12.2 Å². The van der Waals surface area contributed by atoms with Crippen molar-refractivity contribution in [1.82, 2.24) is 4.90 Å². The van der Waals surface area contributed by atoms with Crippen molar-refractivity contribution in [3.63, 3.8) is 0 Å². The maximum absolute atomic E-state index is 6.05. The summed E-state index contributed by atoms with van der Waals surface area (Å²) in [7, 11) is 0. The Morgan fingerprint density at radius 2 is 1.64 bits per heavy atom. The molecule has 0 spiro atoms. The maximum Gasteiger partial charge on any atom is 0.0608 e. The van der Waals surface area contributed by atoms with Gasteiger partial charge in [-0.15, -0.1) is 0 Å². The van der Waals surface area contributed by atoms with E-state index in [9.17, 15) is 0 Å². The fourth-order valence-electron chi connectivity index (χ4n) is 4.05. The first-order valence-electron chi connectivity index (χ1n) is 9.77. The molecule has 2 rings (SSSR count). The van der Waals surface area contributed by atoms with E-state index < -0.39 is 0 Å². The summed E-state index contributed by atoms with van der Waals surface area (Å²) < 4.78 is 6.05. The van der Waals surface area contributed by atoms with Crippen LogP contribution in [-0.2, 0) is 4.74 Å². The van der Waals surface area contributed by atoms with E-state index in [0.717, 1.165) is 11.8 Å². The van der Waals surface area contributed by atoms with Gasteiger partial charge in [0.2, 0.25) is 0 Å². The highest BCUT2D eigenvalue weighted by Gasteiger charge is 2.36. The summed E-state index contributed by atoms with van der Waals surface area (Å²) in [5, 5.41) is 0. The molecule has 1 heterocycles. The largest absolute Gasteiger partial charge is 0.375 e. The summed E-state index contributed by atoms with van der Waals surface area (Å²) in [5.41, 5.74) is 0.306. The van der Waals surface area contributed by atoms with Crippen LogP contribution in [0, 0.1) is 11.8 Å². The number of nitrogens with zero attached hydrogens (tertiary/aromatic N) is 1. The van der Waals surface area contributed by atoms with Crippen LogP contribution in [0.3, 0.4) is 0 Å². The molecular formula is C20H41NO. The van der Waals surface area contributed by atoms with Gasteiger partial charge in [-0.05, 0) is 65.2 Å². The van der Waals surface area contributed by atoms with Gasteiger partial charge < -0.3 is 4.74 Å². The number of rotatable bonds is 4. The summed E-state index contributed by atoms with van der Waals surface area (Å²) in [6.07, 6.45) is 9.00. The number of likely N-dealkylation sites (tertiary alicyclic amines) is 1. The molecule has 22 heavy (non-hydrogen) atoms. The van der Waals surface area contributed by atoms with Gasteiger partial charge in [-0.3, -0.25) is 4.90 Å². The third kappa shape index (κ3) is 6.20. The van der Waals surface area contributed by atoms with Gasteiger partial charge in [0, 0.05) is 18.6 Å². The summed E-state index contributed by atoms with van der Waals surface area (Å²) in [5.74, 6) is 1.90. The van der Waals surface area contributed by atoms with Crippen molar-refractivity contribution in [2.75, 3.05) is 13.1 Å². The molecule has 0 aromatic heterocycles. The Labute approximate surface area is 140 Å². The van der Waals surface area contributed by atoms with Crippen molar-refractivity contribution in [2.24, 2.45) is 11.8 Å². The number of hydrogen-bond acceptors (Lipinski definition) is 2. The lowest BCUT2D eigenvalue weighted by atomic mass is 9.81. The van der Waals surface area contributed by atoms with E-state index in [0.29, 0.717) is 17.7 Å². The van der Waals surface area contributed by atoms with E-state index in [2.05, 4.69) is 39.5 Å². The van der Waals surface area contributed by atoms with Crippen LogP contribution in [0.15, 0.2) is 0 Å². The van der Waals surface area contributed by atoms with Gasteiger partial charge in [-0.2, -0.15) is 0 Å². The van der Waals surface area contributed by atoms with Crippen molar-refractivity contribution in [2.45, 2.75) is 105 Å². The van der Waals surface area contributed by atoms with Crippen molar-refractivity contribution in [3.8, 4) is 0 Å². The summed E-state index contributed by atoms with van der Waals surface area (Å²) >= 11 is 0. The number of ether oxygens (including phenoxy) is 1. The highest BCUT2D eigenvalue weighted by atomic mass is 16.5. The molecule has 2 aliphatic rings. The lowest BCUT2D eigenvalue weighted by molar-refractivity contribution is -0.0712. The first-order valence-corrected chi connectivity index (χ1v) is 9.77. The van der Waals surface area contributed by atoms with Gasteiger partial charge >= 0.3 is 0 Å². The minimum atomic E-state index is 0.306. The number of hydrogen-bond donors (Lipinski definition) is 0. The molecule has 1 unspecified atom stereocenters. The predicted molar refractivity (Wildman–Crippen MR) is 97.4 cm³/mol. The molecule has 0 radical (unpaired) electrons. The van der Waals surface area contributed by atoms with Crippen LogP contribution in [0.1, 0.15) is 87.0 Å². The second kappa shape index (κ2) is 9.27. The molecule has 0 aromatic carbocycles. The van der Waals surface area contributed by atoms with Crippen LogP contribution in [0.2, 0.25) is 0 Å². The minimum absolute atomic E-state index is 0.306. The molecule has 2 heteroatoms. The highest BCUT2D eigenvalue weighted by Crippen LogP contribution is 2.34. The molecular weight excluding hydrogens is 270 g/mol. The van der Waals surface area contributed by atoms with Crippen LogP contribution in [0.4, 0.5) is 0 Å². The second-order valence-electron chi connectivity index (χ2n) is 8.18. The molecule has 1 saturated heterocycles. The van der Waals surface area contributed by atoms with Crippen molar-refractivity contribution < 1.29 is 4.74 Å².